The van der Waals surface area contributed by atoms with Crippen LogP contribution in [0, 0.1) is 5.82 Å². The minimum Gasteiger partial charge on any atom is -0.434 e. The molecule has 1 aromatic carbocycles. The molecule has 0 aliphatic carbocycles. The number of hydrogen-bond acceptors (Lipinski definition) is 3. The van der Waals surface area contributed by atoms with Crippen LogP contribution in [0.15, 0.2) is 30.5 Å². The molecule has 0 fully saturated rings. The Hall–Kier alpha value is -1.81. The molecule has 19 heavy (non-hydrogen) atoms. The first kappa shape index (κ1) is 12.2. The van der Waals surface area contributed by atoms with Gasteiger partial charge in [-0.3, -0.25) is 0 Å². The Balaban J connectivity index is 1.95. The Labute approximate surface area is 115 Å². The number of benzene rings is 1. The fraction of sp³-hybridized carbons (Fsp3) is 0.214. The van der Waals surface area contributed by atoms with Gasteiger partial charge >= 0.3 is 0 Å². The molecule has 1 aliphatic heterocycles. The number of halogens is 2. The van der Waals surface area contributed by atoms with Crippen molar-refractivity contribution >= 4 is 17.3 Å². The average molecular weight is 279 g/mol. The average Bonchev–Trinajstić information content (AvgIpc) is 2.42. The molecule has 5 heteroatoms. The summed E-state index contributed by atoms with van der Waals surface area (Å²) >= 11 is 5.66. The predicted molar refractivity (Wildman–Crippen MR) is 72.5 cm³/mol. The van der Waals surface area contributed by atoms with E-state index in [4.69, 9.17) is 16.3 Å². The molecule has 3 rings (SSSR count). The van der Waals surface area contributed by atoms with Crippen LogP contribution in [0.4, 0.5) is 10.1 Å². The van der Waals surface area contributed by atoms with E-state index in [0.717, 1.165) is 25.1 Å². The molecule has 1 aromatic heterocycles. The molecule has 0 amide bonds. The lowest BCUT2D eigenvalue weighted by molar-refractivity contribution is 0.423. The van der Waals surface area contributed by atoms with Crippen molar-refractivity contribution in [3.63, 3.8) is 0 Å². The fourth-order valence-electron chi connectivity index (χ4n) is 2.14. The van der Waals surface area contributed by atoms with E-state index < -0.39 is 5.82 Å². The third-order valence-electron chi connectivity index (χ3n) is 3.02. The zero-order chi connectivity index (χ0) is 13.2. The minimum atomic E-state index is -0.569. The molecule has 0 saturated heterocycles. The van der Waals surface area contributed by atoms with Crippen molar-refractivity contribution in [2.45, 2.75) is 12.8 Å². The maximum Gasteiger partial charge on any atom is 0.256 e. The maximum absolute atomic E-state index is 13.7. The summed E-state index contributed by atoms with van der Waals surface area (Å²) in [6, 6.07) is 6.93. The first-order valence-corrected chi connectivity index (χ1v) is 6.46. The summed E-state index contributed by atoms with van der Waals surface area (Å²) in [6.07, 6.45) is 3.45. The molecule has 2 aromatic rings. The lowest BCUT2D eigenvalue weighted by Gasteiger charge is -2.20. The van der Waals surface area contributed by atoms with E-state index in [2.05, 4.69) is 10.3 Å². The molecule has 0 bridgehead atoms. The van der Waals surface area contributed by atoms with Gasteiger partial charge in [-0.25, -0.2) is 9.37 Å². The molecule has 0 saturated carbocycles. The van der Waals surface area contributed by atoms with Gasteiger partial charge in [0.25, 0.3) is 5.88 Å². The van der Waals surface area contributed by atoms with E-state index >= 15 is 0 Å². The topological polar surface area (TPSA) is 34.1 Å². The Morgan fingerprint density at radius 1 is 1.37 bits per heavy atom. The predicted octanol–water partition coefficient (Wildman–Crippen LogP) is 4.02. The quantitative estimate of drug-likeness (QED) is 0.901. The second-order valence-corrected chi connectivity index (χ2v) is 4.80. The van der Waals surface area contributed by atoms with Crippen molar-refractivity contribution in [1.29, 1.82) is 0 Å². The van der Waals surface area contributed by atoms with Crippen LogP contribution < -0.4 is 10.1 Å². The van der Waals surface area contributed by atoms with Gasteiger partial charge in [-0.05, 0) is 30.5 Å². The van der Waals surface area contributed by atoms with Gasteiger partial charge in [0.15, 0.2) is 11.6 Å². The Morgan fingerprint density at radius 2 is 2.26 bits per heavy atom. The van der Waals surface area contributed by atoms with Crippen LogP contribution in [-0.4, -0.2) is 11.5 Å². The summed E-state index contributed by atoms with van der Waals surface area (Å²) in [6.45, 7) is 0.893. The van der Waals surface area contributed by atoms with Crippen molar-refractivity contribution in [2.75, 3.05) is 11.9 Å². The van der Waals surface area contributed by atoms with Gasteiger partial charge in [-0.15, -0.1) is 0 Å². The molecule has 1 aliphatic rings. The van der Waals surface area contributed by atoms with Crippen molar-refractivity contribution in [3.8, 4) is 11.6 Å². The van der Waals surface area contributed by atoms with Gasteiger partial charge in [-0.1, -0.05) is 23.7 Å². The van der Waals surface area contributed by atoms with Crippen molar-refractivity contribution in [2.24, 2.45) is 0 Å². The van der Waals surface area contributed by atoms with Gasteiger partial charge in [0.2, 0.25) is 0 Å². The maximum atomic E-state index is 13.7. The summed E-state index contributed by atoms with van der Waals surface area (Å²) in [4.78, 5) is 3.87. The molecule has 98 valence electrons. The smallest absolute Gasteiger partial charge is 0.256 e. The van der Waals surface area contributed by atoms with Gasteiger partial charge < -0.3 is 10.1 Å². The number of anilines is 1. The highest BCUT2D eigenvalue weighted by Gasteiger charge is 2.15. The molecule has 0 unspecified atom stereocenters. The van der Waals surface area contributed by atoms with Crippen LogP contribution in [0.1, 0.15) is 12.0 Å². The lowest BCUT2D eigenvalue weighted by Crippen LogP contribution is -2.12. The standard InChI is InChI=1S/C14H12ClFN2O/c15-10-7-11(16)14(18-8-10)19-12-5-1-3-9-4-2-6-17-13(9)12/h1,3,5,7-8,17H,2,4,6H2. The molecule has 1 N–H and O–H groups in total. The summed E-state index contributed by atoms with van der Waals surface area (Å²) in [5, 5.41) is 3.53. The summed E-state index contributed by atoms with van der Waals surface area (Å²) in [7, 11) is 0. The Bertz CT molecular complexity index is 618. The summed E-state index contributed by atoms with van der Waals surface area (Å²) in [5.41, 5.74) is 2.10. The third-order valence-corrected chi connectivity index (χ3v) is 3.22. The van der Waals surface area contributed by atoms with E-state index in [1.165, 1.54) is 17.8 Å². The monoisotopic (exact) mass is 278 g/mol. The number of hydrogen-bond donors (Lipinski definition) is 1. The van der Waals surface area contributed by atoms with Crippen LogP contribution in [0.5, 0.6) is 11.6 Å². The number of aromatic nitrogens is 1. The van der Waals surface area contributed by atoms with Gasteiger partial charge in [-0.2, -0.15) is 0 Å². The first-order chi connectivity index (χ1) is 9.24. The molecule has 0 atom stereocenters. The largest absolute Gasteiger partial charge is 0.434 e. The van der Waals surface area contributed by atoms with Gasteiger partial charge in [0.05, 0.1) is 10.7 Å². The second-order valence-electron chi connectivity index (χ2n) is 4.36. The van der Waals surface area contributed by atoms with Crippen molar-refractivity contribution in [1.82, 2.24) is 4.98 Å². The second kappa shape index (κ2) is 5.05. The minimum absolute atomic E-state index is 0.0647. The molecule has 0 spiro atoms. The Morgan fingerprint density at radius 3 is 3.11 bits per heavy atom. The van der Waals surface area contributed by atoms with Crippen molar-refractivity contribution < 1.29 is 9.13 Å². The number of rotatable bonds is 2. The highest BCUT2D eigenvalue weighted by molar-refractivity contribution is 6.30. The van der Waals surface area contributed by atoms with Crippen LogP contribution in [0.2, 0.25) is 5.02 Å². The third kappa shape index (κ3) is 2.49. The van der Waals surface area contributed by atoms with E-state index in [-0.39, 0.29) is 10.9 Å². The van der Waals surface area contributed by atoms with E-state index in [9.17, 15) is 4.39 Å². The molecule has 3 nitrogen and oxygen atoms in total. The number of nitrogens with zero attached hydrogens (tertiary/aromatic N) is 1. The normalized spacial score (nSPS) is 13.6. The summed E-state index contributed by atoms with van der Waals surface area (Å²) in [5.74, 6) is -0.0444. The molecule has 2 heterocycles. The zero-order valence-electron chi connectivity index (χ0n) is 10.1. The highest BCUT2D eigenvalue weighted by atomic mass is 35.5. The van der Waals surface area contributed by atoms with E-state index in [1.54, 1.807) is 6.07 Å². The van der Waals surface area contributed by atoms with Gasteiger partial charge in [0.1, 0.15) is 0 Å². The molecular weight excluding hydrogens is 267 g/mol. The van der Waals surface area contributed by atoms with Crippen LogP contribution in [0.3, 0.4) is 0 Å². The number of fused-ring (bicyclic) bond motifs is 1. The Kier molecular flexibility index (Phi) is 3.25. The lowest BCUT2D eigenvalue weighted by atomic mass is 10.0. The van der Waals surface area contributed by atoms with E-state index in [0.29, 0.717) is 5.75 Å². The number of aryl methyl sites for hydroxylation is 1. The molecule has 0 radical (unpaired) electrons. The number of ether oxygens (including phenoxy) is 1. The van der Waals surface area contributed by atoms with Crippen molar-refractivity contribution in [3.05, 3.63) is 46.9 Å². The summed E-state index contributed by atoms with van der Waals surface area (Å²) < 4.78 is 19.2. The van der Waals surface area contributed by atoms with Crippen LogP contribution >= 0.6 is 11.6 Å². The number of nitrogens with one attached hydrogen (secondary N) is 1. The van der Waals surface area contributed by atoms with Gasteiger partial charge in [0, 0.05) is 12.7 Å². The van der Waals surface area contributed by atoms with Crippen LogP contribution in [-0.2, 0) is 6.42 Å². The van der Waals surface area contributed by atoms with E-state index in [1.807, 2.05) is 12.1 Å². The highest BCUT2D eigenvalue weighted by Crippen LogP contribution is 2.35. The zero-order valence-corrected chi connectivity index (χ0v) is 10.9. The fourth-order valence-corrected chi connectivity index (χ4v) is 2.29. The van der Waals surface area contributed by atoms with Crippen LogP contribution in [0.25, 0.3) is 0 Å². The molecular formula is C14H12ClFN2O. The SMILES string of the molecule is Fc1cc(Cl)cnc1Oc1cccc2c1NCCC2. The number of pyridine rings is 1. The first-order valence-electron chi connectivity index (χ1n) is 6.09. The number of para-hydroxylation sites is 1.